The lowest BCUT2D eigenvalue weighted by Crippen LogP contribution is -2.39. The predicted molar refractivity (Wildman–Crippen MR) is 126 cm³/mol. The molecule has 0 saturated carbocycles. The van der Waals surface area contributed by atoms with E-state index in [1.54, 1.807) is 38.1 Å². The van der Waals surface area contributed by atoms with E-state index in [1.165, 1.54) is 29.9 Å². The van der Waals surface area contributed by atoms with E-state index in [0.29, 0.717) is 21.8 Å². The van der Waals surface area contributed by atoms with Crippen LogP contribution in [-0.2, 0) is 9.53 Å². The maximum atomic E-state index is 13.5. The Kier molecular flexibility index (Phi) is 6.52. The monoisotopic (exact) mass is 494 g/mol. The molecule has 0 unspecified atom stereocenters. The fraction of sp³-hybridized carbons (Fsp3) is 0.208. The van der Waals surface area contributed by atoms with Crippen LogP contribution in [0.2, 0.25) is 0 Å². The lowest BCUT2D eigenvalue weighted by atomic mass is 9.96. The zero-order valence-corrected chi connectivity index (χ0v) is 19.8. The van der Waals surface area contributed by atoms with Gasteiger partial charge in [-0.1, -0.05) is 35.6 Å². The number of thiazole rings is 1. The predicted octanol–water partition coefficient (Wildman–Crippen LogP) is 1.79. The minimum atomic E-state index is -0.824. The molecule has 180 valence electrons. The van der Waals surface area contributed by atoms with Crippen LogP contribution < -0.4 is 24.7 Å². The molecule has 0 fully saturated rings. The van der Waals surface area contributed by atoms with Gasteiger partial charge in [0, 0.05) is 6.07 Å². The molecule has 1 aliphatic rings. The highest BCUT2D eigenvalue weighted by molar-refractivity contribution is 7.07. The fourth-order valence-electron chi connectivity index (χ4n) is 3.83. The molecule has 3 aromatic rings. The number of allylic oxidation sites excluding steroid dienone is 1. The minimum Gasteiger partial charge on any atom is -0.867 e. The Morgan fingerprint density at radius 2 is 1.97 bits per heavy atom. The highest BCUT2D eigenvalue weighted by Crippen LogP contribution is 2.32. The number of carbonyl (C=O) groups is 1. The van der Waals surface area contributed by atoms with E-state index >= 15 is 0 Å². The number of benzene rings is 2. The molecule has 0 aliphatic carbocycles. The van der Waals surface area contributed by atoms with Gasteiger partial charge in [0.25, 0.3) is 11.2 Å². The van der Waals surface area contributed by atoms with Crippen LogP contribution in [0.4, 0.5) is 5.69 Å². The lowest BCUT2D eigenvalue weighted by molar-refractivity contribution is -0.398. The van der Waals surface area contributed by atoms with Gasteiger partial charge < -0.3 is 14.6 Å². The Bertz CT molecular complexity index is 1530. The first kappa shape index (κ1) is 23.9. The van der Waals surface area contributed by atoms with Crippen LogP contribution in [0, 0.1) is 10.1 Å². The molecule has 11 heteroatoms. The highest BCUT2D eigenvalue weighted by Gasteiger charge is 2.33. The van der Waals surface area contributed by atoms with Crippen molar-refractivity contribution in [2.45, 2.75) is 19.9 Å². The molecule has 0 spiro atoms. The molecule has 0 bridgehead atoms. The molecule has 2 aromatic carbocycles. The summed E-state index contributed by atoms with van der Waals surface area (Å²) in [5.41, 5.74) is 0.188. The first-order valence-electron chi connectivity index (χ1n) is 10.5. The van der Waals surface area contributed by atoms with E-state index in [1.807, 2.05) is 0 Å². The summed E-state index contributed by atoms with van der Waals surface area (Å²) in [6, 6.07) is 10.0. The maximum absolute atomic E-state index is 13.5. The zero-order chi connectivity index (χ0) is 25.3. The van der Waals surface area contributed by atoms with Gasteiger partial charge in [-0.05, 0) is 48.9 Å². The summed E-state index contributed by atoms with van der Waals surface area (Å²) in [4.78, 5) is 41.6. The number of nitrogens with zero attached hydrogens (tertiary/aromatic N) is 3. The van der Waals surface area contributed by atoms with Crippen LogP contribution in [0.5, 0.6) is 11.5 Å². The van der Waals surface area contributed by atoms with E-state index in [9.17, 15) is 24.8 Å². The van der Waals surface area contributed by atoms with E-state index in [2.05, 4.69) is 4.99 Å². The SMILES string of the molecule is CCOC(=O)C1=C(C)N=c2s/c(=C\c3cccc([N+](=O)[O-])c3[O-])c(=O)n2[C@H]1c1ccc(OC)cc1. The van der Waals surface area contributed by atoms with E-state index in [-0.39, 0.29) is 22.3 Å². The number of hydrogen-bond acceptors (Lipinski definition) is 9. The topological polar surface area (TPSA) is 136 Å². The summed E-state index contributed by atoms with van der Waals surface area (Å²) in [5, 5.41) is 23.6. The lowest BCUT2D eigenvalue weighted by Gasteiger charge is -2.24. The Hall–Kier alpha value is -4.25. The molecule has 2 heterocycles. The van der Waals surface area contributed by atoms with Gasteiger partial charge >= 0.3 is 5.97 Å². The number of hydrogen-bond donors (Lipinski definition) is 0. The summed E-state index contributed by atoms with van der Waals surface area (Å²) in [6.45, 7) is 3.50. The summed E-state index contributed by atoms with van der Waals surface area (Å²) in [7, 11) is 1.53. The molecule has 0 N–H and O–H groups in total. The molecule has 35 heavy (non-hydrogen) atoms. The van der Waals surface area contributed by atoms with Gasteiger partial charge in [-0.15, -0.1) is 0 Å². The Morgan fingerprint density at radius 1 is 1.26 bits per heavy atom. The van der Waals surface area contributed by atoms with Crippen molar-refractivity contribution in [3.05, 3.63) is 94.7 Å². The Labute approximate surface area is 202 Å². The second-order valence-electron chi connectivity index (χ2n) is 7.53. The summed E-state index contributed by atoms with van der Waals surface area (Å²) >= 11 is 1.03. The largest absolute Gasteiger partial charge is 0.867 e. The average Bonchev–Trinajstić information content (AvgIpc) is 3.13. The molecular weight excluding hydrogens is 474 g/mol. The first-order valence-corrected chi connectivity index (χ1v) is 11.4. The number of ether oxygens (including phenoxy) is 2. The normalized spacial score (nSPS) is 15.4. The summed E-state index contributed by atoms with van der Waals surface area (Å²) in [5.74, 6) is -0.781. The quantitative estimate of drug-likeness (QED) is 0.289. The Morgan fingerprint density at radius 3 is 2.60 bits per heavy atom. The molecule has 0 amide bonds. The van der Waals surface area contributed by atoms with Gasteiger partial charge in [-0.2, -0.15) is 0 Å². The van der Waals surface area contributed by atoms with Crippen LogP contribution >= 0.6 is 11.3 Å². The van der Waals surface area contributed by atoms with Crippen LogP contribution in [0.25, 0.3) is 6.08 Å². The Balaban J connectivity index is 1.95. The van der Waals surface area contributed by atoms with Crippen molar-refractivity contribution in [1.82, 2.24) is 4.57 Å². The first-order chi connectivity index (χ1) is 16.8. The van der Waals surface area contributed by atoms with Gasteiger partial charge in [0.15, 0.2) is 4.80 Å². The van der Waals surface area contributed by atoms with Crippen molar-refractivity contribution < 1.29 is 24.3 Å². The number of carbonyl (C=O) groups excluding carboxylic acids is 1. The van der Waals surface area contributed by atoms with Gasteiger partial charge in [0.05, 0.1) is 40.5 Å². The van der Waals surface area contributed by atoms with Gasteiger partial charge in [-0.25, -0.2) is 9.79 Å². The molecule has 1 aromatic heterocycles. The van der Waals surface area contributed by atoms with Crippen LogP contribution in [0.1, 0.15) is 31.0 Å². The van der Waals surface area contributed by atoms with E-state index in [4.69, 9.17) is 9.47 Å². The molecule has 1 aliphatic heterocycles. The van der Waals surface area contributed by atoms with Crippen LogP contribution in [0.15, 0.2) is 63.5 Å². The standard InChI is InChI=1S/C24H21N3O7S/c1-4-34-23(30)19-13(2)25-24-26(20(19)14-8-10-16(33-3)11-9-14)22(29)18(35-24)12-15-6-5-7-17(21(15)28)27(31)32/h5-12,20,28H,4H2,1-3H3/p-1/b18-12-/t20-/m0/s1. The summed E-state index contributed by atoms with van der Waals surface area (Å²) in [6.07, 6.45) is 1.31. The fourth-order valence-corrected chi connectivity index (χ4v) is 4.87. The van der Waals surface area contributed by atoms with Gasteiger partial charge in [0.1, 0.15) is 5.75 Å². The van der Waals surface area contributed by atoms with Crippen LogP contribution in [0.3, 0.4) is 0 Å². The number of fused-ring (bicyclic) bond motifs is 1. The molecule has 0 saturated heterocycles. The van der Waals surface area contributed by atoms with Crippen LogP contribution in [-0.4, -0.2) is 29.2 Å². The molecule has 1 atom stereocenters. The van der Waals surface area contributed by atoms with Crippen molar-refractivity contribution in [2.75, 3.05) is 13.7 Å². The van der Waals surface area contributed by atoms with Gasteiger partial charge in [-0.3, -0.25) is 19.5 Å². The van der Waals surface area contributed by atoms with Gasteiger partial charge in [0.2, 0.25) is 0 Å². The average molecular weight is 495 g/mol. The van der Waals surface area contributed by atoms with Crippen molar-refractivity contribution in [3.8, 4) is 11.5 Å². The third-order valence-corrected chi connectivity index (χ3v) is 6.44. The summed E-state index contributed by atoms with van der Waals surface area (Å²) < 4.78 is 12.0. The zero-order valence-electron chi connectivity index (χ0n) is 19.0. The van der Waals surface area contributed by atoms with E-state index in [0.717, 1.165) is 17.4 Å². The number of methoxy groups -OCH3 is 1. The molecule has 4 rings (SSSR count). The number of para-hydroxylation sites is 1. The second-order valence-corrected chi connectivity index (χ2v) is 8.54. The number of esters is 1. The number of rotatable bonds is 6. The van der Waals surface area contributed by atoms with E-state index < -0.39 is 33.9 Å². The number of nitro groups is 1. The van der Waals surface area contributed by atoms with Crippen molar-refractivity contribution in [1.29, 1.82) is 0 Å². The second kappa shape index (κ2) is 9.55. The number of nitro benzene ring substituents is 1. The maximum Gasteiger partial charge on any atom is 0.338 e. The van der Waals surface area contributed by atoms with Crippen molar-refractivity contribution in [2.24, 2.45) is 4.99 Å². The molecular formula is C24H20N3O7S-. The third-order valence-electron chi connectivity index (χ3n) is 5.46. The molecule has 0 radical (unpaired) electrons. The smallest absolute Gasteiger partial charge is 0.338 e. The minimum absolute atomic E-state index is 0.00629. The number of aromatic nitrogens is 1. The molecule has 10 nitrogen and oxygen atoms in total. The third kappa shape index (κ3) is 4.33. The highest BCUT2D eigenvalue weighted by atomic mass is 32.1. The van der Waals surface area contributed by atoms with Crippen molar-refractivity contribution in [3.63, 3.8) is 0 Å². The van der Waals surface area contributed by atoms with Crippen molar-refractivity contribution >= 4 is 29.1 Å².